The smallest absolute Gasteiger partial charge is 0.273 e. The van der Waals surface area contributed by atoms with Gasteiger partial charge in [0, 0.05) is 25.7 Å². The molecular weight excluding hydrogens is 220 g/mol. The molecule has 6 heteroatoms. The molecule has 0 saturated heterocycles. The van der Waals surface area contributed by atoms with Crippen molar-refractivity contribution in [3.8, 4) is 0 Å². The molecule has 94 valence electrons. The lowest BCUT2D eigenvalue weighted by Gasteiger charge is -2.14. The van der Waals surface area contributed by atoms with Gasteiger partial charge in [-0.3, -0.25) is 9.48 Å². The van der Waals surface area contributed by atoms with E-state index >= 15 is 0 Å². The predicted molar refractivity (Wildman–Crippen MR) is 63.3 cm³/mol. The normalized spacial score (nSPS) is 23.9. The zero-order valence-electron chi connectivity index (χ0n) is 9.89. The number of anilines is 1. The molecule has 0 aliphatic heterocycles. The summed E-state index contributed by atoms with van der Waals surface area (Å²) in [6.45, 7) is 0.482. The quantitative estimate of drug-likeness (QED) is 0.685. The summed E-state index contributed by atoms with van der Waals surface area (Å²) in [5, 5.41) is 16.4. The van der Waals surface area contributed by atoms with Crippen LogP contribution in [0.4, 0.5) is 5.69 Å². The van der Waals surface area contributed by atoms with Crippen LogP contribution >= 0.6 is 0 Å². The van der Waals surface area contributed by atoms with Crippen molar-refractivity contribution in [3.63, 3.8) is 0 Å². The minimum atomic E-state index is -0.295. The van der Waals surface area contributed by atoms with Gasteiger partial charge in [-0.1, -0.05) is 6.42 Å². The third-order valence-electron chi connectivity index (χ3n) is 3.22. The van der Waals surface area contributed by atoms with Crippen LogP contribution in [0, 0.1) is 5.92 Å². The van der Waals surface area contributed by atoms with E-state index in [4.69, 9.17) is 5.73 Å². The fraction of sp³-hybridized carbons (Fsp3) is 0.636. The number of carbonyl (C=O) groups is 1. The highest BCUT2D eigenvalue weighted by atomic mass is 16.3. The molecule has 1 aliphatic rings. The second-order valence-electron chi connectivity index (χ2n) is 4.58. The maximum absolute atomic E-state index is 11.8. The molecule has 1 aromatic rings. The Labute approximate surface area is 99.8 Å². The summed E-state index contributed by atoms with van der Waals surface area (Å²) in [5.74, 6) is -0.119. The van der Waals surface area contributed by atoms with Crippen LogP contribution in [0.5, 0.6) is 0 Å². The molecule has 4 N–H and O–H groups in total. The number of carbonyl (C=O) groups excluding carboxylic acids is 1. The second kappa shape index (κ2) is 4.75. The highest BCUT2D eigenvalue weighted by Crippen LogP contribution is 2.24. The third-order valence-corrected chi connectivity index (χ3v) is 3.22. The van der Waals surface area contributed by atoms with Crippen LogP contribution in [-0.4, -0.2) is 33.4 Å². The topological polar surface area (TPSA) is 93.2 Å². The van der Waals surface area contributed by atoms with Gasteiger partial charge < -0.3 is 16.2 Å². The van der Waals surface area contributed by atoms with Crippen molar-refractivity contribution in [1.82, 2.24) is 15.1 Å². The van der Waals surface area contributed by atoms with E-state index in [1.54, 1.807) is 13.2 Å². The van der Waals surface area contributed by atoms with Crippen molar-refractivity contribution >= 4 is 11.6 Å². The zero-order valence-corrected chi connectivity index (χ0v) is 9.89. The number of nitrogens with zero attached hydrogens (tertiary/aromatic N) is 2. The second-order valence-corrected chi connectivity index (χ2v) is 4.58. The van der Waals surface area contributed by atoms with Gasteiger partial charge in [0.2, 0.25) is 0 Å². The first-order chi connectivity index (χ1) is 8.08. The van der Waals surface area contributed by atoms with Gasteiger partial charge >= 0.3 is 0 Å². The molecule has 1 aromatic heterocycles. The fourth-order valence-electron chi connectivity index (χ4n) is 2.25. The van der Waals surface area contributed by atoms with Crippen LogP contribution in [0.2, 0.25) is 0 Å². The minimum absolute atomic E-state index is 0.156. The first-order valence-electron chi connectivity index (χ1n) is 5.83. The lowest BCUT2D eigenvalue weighted by Crippen LogP contribution is -2.33. The van der Waals surface area contributed by atoms with Crippen molar-refractivity contribution in [1.29, 1.82) is 0 Å². The molecule has 1 heterocycles. The third kappa shape index (κ3) is 2.58. The first kappa shape index (κ1) is 11.9. The number of amides is 1. The molecule has 0 aromatic carbocycles. The Hall–Kier alpha value is -1.56. The van der Waals surface area contributed by atoms with Crippen LogP contribution < -0.4 is 11.1 Å². The number of aliphatic hydroxyl groups excluding tert-OH is 1. The van der Waals surface area contributed by atoms with Crippen molar-refractivity contribution in [2.75, 3.05) is 12.3 Å². The van der Waals surface area contributed by atoms with E-state index in [0.717, 1.165) is 19.3 Å². The summed E-state index contributed by atoms with van der Waals surface area (Å²) in [6.07, 6.45) is 4.11. The molecule has 6 nitrogen and oxygen atoms in total. The van der Waals surface area contributed by atoms with Gasteiger partial charge in [-0.2, -0.15) is 5.10 Å². The van der Waals surface area contributed by atoms with Gasteiger partial charge in [0.1, 0.15) is 0 Å². The molecule has 17 heavy (non-hydrogen) atoms. The van der Waals surface area contributed by atoms with Crippen LogP contribution in [0.15, 0.2) is 6.20 Å². The number of aryl methyl sites for hydroxylation is 1. The van der Waals surface area contributed by atoms with Gasteiger partial charge in [0.15, 0.2) is 5.69 Å². The van der Waals surface area contributed by atoms with E-state index in [1.807, 2.05) is 0 Å². The molecule has 0 bridgehead atoms. The molecule has 1 aliphatic carbocycles. The standard InChI is InChI=1S/C11H18N4O2/c1-15-6-8(12)10(14-15)11(17)13-5-7-3-2-4-9(7)16/h6-7,9,16H,2-5,12H2,1H3,(H,13,17). The summed E-state index contributed by atoms with van der Waals surface area (Å²) < 4.78 is 1.51. The molecule has 1 fully saturated rings. The number of rotatable bonds is 3. The average molecular weight is 238 g/mol. The Morgan fingerprint density at radius 2 is 2.47 bits per heavy atom. The van der Waals surface area contributed by atoms with Crippen LogP contribution in [0.3, 0.4) is 0 Å². The summed E-state index contributed by atoms with van der Waals surface area (Å²) in [6, 6.07) is 0. The fourth-order valence-corrected chi connectivity index (χ4v) is 2.25. The van der Waals surface area contributed by atoms with Crippen molar-refractivity contribution < 1.29 is 9.90 Å². The average Bonchev–Trinajstić information content (AvgIpc) is 2.81. The molecule has 0 radical (unpaired) electrons. The largest absolute Gasteiger partial charge is 0.396 e. The number of nitrogens with two attached hydrogens (primary N) is 1. The Bertz CT molecular complexity index is 416. The summed E-state index contributed by atoms with van der Waals surface area (Å²) in [4.78, 5) is 11.8. The number of nitrogens with one attached hydrogen (secondary N) is 1. The van der Waals surface area contributed by atoms with Gasteiger partial charge in [-0.05, 0) is 12.8 Å². The van der Waals surface area contributed by atoms with Crippen LogP contribution in [-0.2, 0) is 7.05 Å². The number of aliphatic hydroxyl groups is 1. The van der Waals surface area contributed by atoms with Gasteiger partial charge in [0.25, 0.3) is 5.91 Å². The van der Waals surface area contributed by atoms with E-state index in [1.165, 1.54) is 4.68 Å². The number of hydrogen-bond donors (Lipinski definition) is 3. The summed E-state index contributed by atoms with van der Waals surface area (Å²) >= 11 is 0. The van der Waals surface area contributed by atoms with Crippen molar-refractivity contribution in [2.45, 2.75) is 25.4 Å². The maximum atomic E-state index is 11.8. The van der Waals surface area contributed by atoms with E-state index in [-0.39, 0.29) is 23.6 Å². The van der Waals surface area contributed by atoms with Crippen molar-refractivity contribution in [2.24, 2.45) is 13.0 Å². The molecular formula is C11H18N4O2. The van der Waals surface area contributed by atoms with Gasteiger partial charge in [0.05, 0.1) is 11.8 Å². The number of hydrogen-bond acceptors (Lipinski definition) is 4. The SMILES string of the molecule is Cn1cc(N)c(C(=O)NCC2CCCC2O)n1. The van der Waals surface area contributed by atoms with E-state index < -0.39 is 0 Å². The minimum Gasteiger partial charge on any atom is -0.396 e. The monoisotopic (exact) mass is 238 g/mol. The molecule has 0 spiro atoms. The van der Waals surface area contributed by atoms with Gasteiger partial charge in [-0.15, -0.1) is 0 Å². The summed E-state index contributed by atoms with van der Waals surface area (Å²) in [5.41, 5.74) is 6.28. The molecule has 1 saturated carbocycles. The van der Waals surface area contributed by atoms with Crippen molar-refractivity contribution in [3.05, 3.63) is 11.9 Å². The Morgan fingerprint density at radius 1 is 1.71 bits per heavy atom. The highest BCUT2D eigenvalue weighted by Gasteiger charge is 2.26. The summed E-state index contributed by atoms with van der Waals surface area (Å²) in [7, 11) is 1.72. The van der Waals surface area contributed by atoms with E-state index in [2.05, 4.69) is 10.4 Å². The lowest BCUT2D eigenvalue weighted by atomic mass is 10.1. The zero-order chi connectivity index (χ0) is 12.4. The highest BCUT2D eigenvalue weighted by molar-refractivity contribution is 5.96. The Balaban J connectivity index is 1.91. The van der Waals surface area contributed by atoms with Crippen LogP contribution in [0.25, 0.3) is 0 Å². The Morgan fingerprint density at radius 3 is 3.00 bits per heavy atom. The lowest BCUT2D eigenvalue weighted by molar-refractivity contribution is 0.0912. The maximum Gasteiger partial charge on any atom is 0.273 e. The number of nitrogen functional groups attached to an aromatic ring is 1. The van der Waals surface area contributed by atoms with E-state index in [9.17, 15) is 9.90 Å². The molecule has 2 rings (SSSR count). The first-order valence-corrected chi connectivity index (χ1v) is 5.83. The van der Waals surface area contributed by atoms with Gasteiger partial charge in [-0.25, -0.2) is 0 Å². The Kier molecular flexibility index (Phi) is 3.33. The predicted octanol–water partition coefficient (Wildman–Crippen LogP) is -0.107. The molecule has 2 atom stereocenters. The van der Waals surface area contributed by atoms with E-state index in [0.29, 0.717) is 12.2 Å². The molecule has 2 unspecified atom stereocenters. The molecule has 1 amide bonds. The number of aromatic nitrogens is 2. The van der Waals surface area contributed by atoms with Crippen LogP contribution in [0.1, 0.15) is 29.8 Å².